The highest BCUT2D eigenvalue weighted by Gasteiger charge is 2.11. The van der Waals surface area contributed by atoms with Crippen molar-refractivity contribution >= 4 is 5.84 Å². The minimum atomic E-state index is 0.0717. The van der Waals surface area contributed by atoms with Gasteiger partial charge in [-0.15, -0.1) is 0 Å². The molecule has 0 aliphatic carbocycles. The highest BCUT2D eigenvalue weighted by atomic mass is 16.5. The SMILES string of the molecule is Cc1cccc(/C(N)=N/O)c1OCC(C)C. The number of nitrogens with zero attached hydrogens (tertiary/aromatic N) is 1. The van der Waals surface area contributed by atoms with Crippen LogP contribution in [0.25, 0.3) is 0 Å². The molecule has 0 amide bonds. The van der Waals surface area contributed by atoms with Crippen molar-refractivity contribution in [2.75, 3.05) is 6.61 Å². The van der Waals surface area contributed by atoms with Crippen LogP contribution in [0.2, 0.25) is 0 Å². The number of nitrogens with two attached hydrogens (primary N) is 1. The fraction of sp³-hybridized carbons (Fsp3) is 0.417. The van der Waals surface area contributed by atoms with E-state index in [1.165, 1.54) is 0 Å². The van der Waals surface area contributed by atoms with Gasteiger partial charge in [-0.1, -0.05) is 31.1 Å². The minimum absolute atomic E-state index is 0.0717. The van der Waals surface area contributed by atoms with Crippen LogP contribution in [0.15, 0.2) is 23.4 Å². The molecule has 0 spiro atoms. The van der Waals surface area contributed by atoms with Gasteiger partial charge in [-0.05, 0) is 24.5 Å². The zero-order chi connectivity index (χ0) is 12.1. The zero-order valence-electron chi connectivity index (χ0n) is 9.90. The third kappa shape index (κ3) is 2.89. The van der Waals surface area contributed by atoms with Crippen molar-refractivity contribution < 1.29 is 9.94 Å². The number of ether oxygens (including phenoxy) is 1. The van der Waals surface area contributed by atoms with E-state index in [0.717, 1.165) is 5.56 Å². The quantitative estimate of drug-likeness (QED) is 0.355. The number of hydrogen-bond donors (Lipinski definition) is 2. The Hall–Kier alpha value is -1.71. The van der Waals surface area contributed by atoms with Crippen molar-refractivity contribution in [3.8, 4) is 5.75 Å². The van der Waals surface area contributed by atoms with Gasteiger partial charge in [-0.25, -0.2) is 0 Å². The molecule has 3 N–H and O–H groups in total. The molecule has 4 heteroatoms. The molecule has 0 saturated carbocycles. The van der Waals surface area contributed by atoms with Crippen molar-refractivity contribution in [1.29, 1.82) is 0 Å². The number of rotatable bonds is 4. The molecule has 0 aliphatic rings. The third-order valence-corrected chi connectivity index (χ3v) is 2.16. The Labute approximate surface area is 95.7 Å². The molecule has 4 nitrogen and oxygen atoms in total. The summed E-state index contributed by atoms with van der Waals surface area (Å²) in [6.07, 6.45) is 0. The lowest BCUT2D eigenvalue weighted by molar-refractivity contribution is 0.268. The highest BCUT2D eigenvalue weighted by molar-refractivity contribution is 5.99. The molecule has 0 fully saturated rings. The molecule has 88 valence electrons. The molecule has 1 rings (SSSR count). The number of hydrogen-bond acceptors (Lipinski definition) is 3. The van der Waals surface area contributed by atoms with Gasteiger partial charge in [-0.2, -0.15) is 0 Å². The molecule has 0 heterocycles. The number of aryl methyl sites for hydroxylation is 1. The van der Waals surface area contributed by atoms with Crippen LogP contribution < -0.4 is 10.5 Å². The summed E-state index contributed by atoms with van der Waals surface area (Å²) in [7, 11) is 0. The normalized spacial score (nSPS) is 11.9. The van der Waals surface area contributed by atoms with Crippen LogP contribution in [0.1, 0.15) is 25.0 Å². The maximum Gasteiger partial charge on any atom is 0.173 e. The predicted molar refractivity (Wildman–Crippen MR) is 64.0 cm³/mol. The van der Waals surface area contributed by atoms with Gasteiger partial charge in [0.05, 0.1) is 12.2 Å². The summed E-state index contributed by atoms with van der Waals surface area (Å²) < 4.78 is 5.68. The van der Waals surface area contributed by atoms with Crippen LogP contribution in [0, 0.1) is 12.8 Å². The van der Waals surface area contributed by atoms with Crippen LogP contribution in [0.4, 0.5) is 0 Å². The van der Waals surface area contributed by atoms with Gasteiger partial charge in [0.2, 0.25) is 0 Å². The summed E-state index contributed by atoms with van der Waals surface area (Å²) in [5, 5.41) is 11.7. The van der Waals surface area contributed by atoms with Crippen LogP contribution in [0.3, 0.4) is 0 Å². The molecule has 0 unspecified atom stereocenters. The molecule has 1 aromatic rings. The smallest absolute Gasteiger partial charge is 0.173 e. The van der Waals surface area contributed by atoms with Crippen molar-refractivity contribution in [3.05, 3.63) is 29.3 Å². The lowest BCUT2D eigenvalue weighted by atomic mass is 10.1. The van der Waals surface area contributed by atoms with Gasteiger partial charge in [0.25, 0.3) is 0 Å². The topological polar surface area (TPSA) is 67.8 Å². The first-order chi connectivity index (χ1) is 7.56. The van der Waals surface area contributed by atoms with Crippen LogP contribution >= 0.6 is 0 Å². The molecule has 1 aromatic carbocycles. The molecule has 16 heavy (non-hydrogen) atoms. The molecule has 0 bridgehead atoms. The first kappa shape index (κ1) is 12.4. The summed E-state index contributed by atoms with van der Waals surface area (Å²) in [6, 6.07) is 5.56. The van der Waals surface area contributed by atoms with Crippen molar-refractivity contribution in [1.82, 2.24) is 0 Å². The summed E-state index contributed by atoms with van der Waals surface area (Å²) in [5.74, 6) is 1.19. The van der Waals surface area contributed by atoms with Crippen LogP contribution in [-0.4, -0.2) is 17.6 Å². The summed E-state index contributed by atoms with van der Waals surface area (Å²) in [4.78, 5) is 0. The van der Waals surface area contributed by atoms with Gasteiger partial charge in [0.1, 0.15) is 5.75 Å². The monoisotopic (exact) mass is 222 g/mol. The van der Waals surface area contributed by atoms with E-state index >= 15 is 0 Å². The summed E-state index contributed by atoms with van der Waals surface area (Å²) in [6.45, 7) is 6.68. The second-order valence-electron chi connectivity index (χ2n) is 4.14. The number of amidine groups is 1. The van der Waals surface area contributed by atoms with E-state index in [1.54, 1.807) is 6.07 Å². The van der Waals surface area contributed by atoms with E-state index in [2.05, 4.69) is 19.0 Å². The molecular weight excluding hydrogens is 204 g/mol. The van der Waals surface area contributed by atoms with Gasteiger partial charge in [-0.3, -0.25) is 0 Å². The van der Waals surface area contributed by atoms with Gasteiger partial charge < -0.3 is 15.7 Å². The van der Waals surface area contributed by atoms with Crippen LogP contribution in [-0.2, 0) is 0 Å². The number of oxime groups is 1. The predicted octanol–water partition coefficient (Wildman–Crippen LogP) is 2.12. The summed E-state index contributed by atoms with van der Waals surface area (Å²) in [5.41, 5.74) is 7.19. The van der Waals surface area contributed by atoms with E-state index in [0.29, 0.717) is 23.8 Å². The zero-order valence-corrected chi connectivity index (χ0v) is 9.90. The Bertz CT molecular complexity index is 387. The largest absolute Gasteiger partial charge is 0.492 e. The maximum atomic E-state index is 8.69. The van der Waals surface area contributed by atoms with E-state index in [4.69, 9.17) is 15.7 Å². The second kappa shape index (κ2) is 5.39. The van der Waals surface area contributed by atoms with Gasteiger partial charge in [0, 0.05) is 0 Å². The lowest BCUT2D eigenvalue weighted by Gasteiger charge is -2.14. The Morgan fingerprint density at radius 1 is 1.50 bits per heavy atom. The van der Waals surface area contributed by atoms with E-state index in [-0.39, 0.29) is 5.84 Å². The molecule has 0 atom stereocenters. The first-order valence-electron chi connectivity index (χ1n) is 5.26. The number of benzene rings is 1. The minimum Gasteiger partial charge on any atom is -0.492 e. The Balaban J connectivity index is 3.04. The molecule has 0 saturated heterocycles. The fourth-order valence-electron chi connectivity index (χ4n) is 1.35. The van der Waals surface area contributed by atoms with Crippen LogP contribution in [0.5, 0.6) is 5.75 Å². The van der Waals surface area contributed by atoms with Crippen molar-refractivity contribution in [2.24, 2.45) is 16.8 Å². The first-order valence-corrected chi connectivity index (χ1v) is 5.26. The van der Waals surface area contributed by atoms with E-state index in [1.807, 2.05) is 19.1 Å². The molecule has 0 aromatic heterocycles. The van der Waals surface area contributed by atoms with Crippen molar-refractivity contribution in [3.63, 3.8) is 0 Å². The Morgan fingerprint density at radius 3 is 2.75 bits per heavy atom. The van der Waals surface area contributed by atoms with E-state index < -0.39 is 0 Å². The summed E-state index contributed by atoms with van der Waals surface area (Å²) >= 11 is 0. The second-order valence-corrected chi connectivity index (χ2v) is 4.14. The van der Waals surface area contributed by atoms with E-state index in [9.17, 15) is 0 Å². The highest BCUT2D eigenvalue weighted by Crippen LogP contribution is 2.23. The lowest BCUT2D eigenvalue weighted by Crippen LogP contribution is -2.16. The Kier molecular flexibility index (Phi) is 4.17. The Morgan fingerprint density at radius 2 is 2.19 bits per heavy atom. The third-order valence-electron chi connectivity index (χ3n) is 2.16. The van der Waals surface area contributed by atoms with Gasteiger partial charge >= 0.3 is 0 Å². The fourth-order valence-corrected chi connectivity index (χ4v) is 1.35. The van der Waals surface area contributed by atoms with Crippen molar-refractivity contribution in [2.45, 2.75) is 20.8 Å². The average molecular weight is 222 g/mol. The molecule has 0 radical (unpaired) electrons. The number of para-hydroxylation sites is 1. The standard InChI is InChI=1S/C12H18N2O2/c1-8(2)7-16-11-9(3)5-4-6-10(11)12(13)14-15/h4-6,8,15H,7H2,1-3H3,(H2,13,14). The maximum absolute atomic E-state index is 8.69. The van der Waals surface area contributed by atoms with Gasteiger partial charge in [0.15, 0.2) is 5.84 Å². The molecular formula is C12H18N2O2. The average Bonchev–Trinajstić information content (AvgIpc) is 2.25. The molecule has 0 aliphatic heterocycles.